The molecule has 1 atom stereocenters. The average Bonchev–Trinajstić information content (AvgIpc) is 2.18. The highest BCUT2D eigenvalue weighted by atomic mass is 19.1. The second kappa shape index (κ2) is 3.93. The monoisotopic (exact) mass is 192 g/mol. The highest BCUT2D eigenvalue weighted by molar-refractivity contribution is 5.67. The van der Waals surface area contributed by atoms with E-state index in [-0.39, 0.29) is 5.82 Å². The van der Waals surface area contributed by atoms with E-state index in [0.29, 0.717) is 5.56 Å². The molecule has 74 valence electrons. The van der Waals surface area contributed by atoms with E-state index in [4.69, 9.17) is 0 Å². The Labute approximate surface area is 82.9 Å². The lowest BCUT2D eigenvalue weighted by Crippen LogP contribution is -2.08. The summed E-state index contributed by atoms with van der Waals surface area (Å²) < 4.78 is 13.4. The molecular weight excluding hydrogens is 179 g/mol. The molecule has 0 saturated heterocycles. The summed E-state index contributed by atoms with van der Waals surface area (Å²) in [6.07, 6.45) is 3.94. The highest BCUT2D eigenvalue weighted by Gasteiger charge is 2.14. The molecule has 14 heavy (non-hydrogen) atoms. The standard InChI is InChI=1S/C12H13FO/c13-12-7-2-1-6-11(12)9-4-3-5-10(14)8-9/h1-2,6-8,10,14H,3-5H2. The lowest BCUT2D eigenvalue weighted by atomic mass is 9.92. The summed E-state index contributed by atoms with van der Waals surface area (Å²) in [5.74, 6) is -0.201. The quantitative estimate of drug-likeness (QED) is 0.725. The summed E-state index contributed by atoms with van der Waals surface area (Å²) >= 11 is 0. The van der Waals surface area contributed by atoms with Crippen molar-refractivity contribution >= 4 is 5.57 Å². The maximum Gasteiger partial charge on any atom is 0.130 e. The fraction of sp³-hybridized carbons (Fsp3) is 0.333. The molecule has 0 fully saturated rings. The molecule has 0 spiro atoms. The number of aliphatic hydroxyl groups excluding tert-OH is 1. The third-order valence-electron chi connectivity index (χ3n) is 2.56. The van der Waals surface area contributed by atoms with E-state index in [1.54, 1.807) is 18.2 Å². The number of allylic oxidation sites excluding steroid dienone is 1. The molecule has 0 aromatic heterocycles. The van der Waals surface area contributed by atoms with Gasteiger partial charge in [-0.1, -0.05) is 24.3 Å². The van der Waals surface area contributed by atoms with Gasteiger partial charge in [0.2, 0.25) is 0 Å². The molecule has 0 bridgehead atoms. The van der Waals surface area contributed by atoms with Gasteiger partial charge >= 0.3 is 0 Å². The zero-order chi connectivity index (χ0) is 9.97. The molecule has 1 aliphatic carbocycles. The molecule has 0 saturated carbocycles. The van der Waals surface area contributed by atoms with Crippen molar-refractivity contribution in [1.82, 2.24) is 0 Å². The molecule has 0 radical (unpaired) electrons. The Morgan fingerprint density at radius 2 is 2.07 bits per heavy atom. The number of hydrogen-bond acceptors (Lipinski definition) is 1. The molecule has 1 unspecified atom stereocenters. The SMILES string of the molecule is OC1C=C(c2ccccc2F)CCC1. The van der Waals surface area contributed by atoms with Gasteiger partial charge in [0.25, 0.3) is 0 Å². The van der Waals surface area contributed by atoms with Crippen molar-refractivity contribution in [1.29, 1.82) is 0 Å². The zero-order valence-corrected chi connectivity index (χ0v) is 7.91. The summed E-state index contributed by atoms with van der Waals surface area (Å²) in [4.78, 5) is 0. The topological polar surface area (TPSA) is 20.2 Å². The fourth-order valence-electron chi connectivity index (χ4n) is 1.85. The first kappa shape index (κ1) is 9.41. The average molecular weight is 192 g/mol. The van der Waals surface area contributed by atoms with Gasteiger partial charge in [0.15, 0.2) is 0 Å². The van der Waals surface area contributed by atoms with Gasteiger partial charge in [-0.2, -0.15) is 0 Å². The summed E-state index contributed by atoms with van der Waals surface area (Å²) in [5, 5.41) is 9.43. The second-order valence-corrected chi connectivity index (χ2v) is 3.63. The largest absolute Gasteiger partial charge is 0.389 e. The van der Waals surface area contributed by atoms with Gasteiger partial charge in [-0.05, 0) is 30.9 Å². The third kappa shape index (κ3) is 1.85. The Kier molecular flexibility index (Phi) is 2.64. The van der Waals surface area contributed by atoms with Crippen molar-refractivity contribution < 1.29 is 9.50 Å². The van der Waals surface area contributed by atoms with Gasteiger partial charge in [0.1, 0.15) is 5.82 Å². The van der Waals surface area contributed by atoms with Crippen LogP contribution in [0.2, 0.25) is 0 Å². The van der Waals surface area contributed by atoms with Gasteiger partial charge in [-0.15, -0.1) is 0 Å². The van der Waals surface area contributed by atoms with Crippen LogP contribution in [0.15, 0.2) is 30.3 Å². The minimum absolute atomic E-state index is 0.201. The van der Waals surface area contributed by atoms with Crippen molar-refractivity contribution in [2.75, 3.05) is 0 Å². The van der Waals surface area contributed by atoms with Crippen LogP contribution in [0.25, 0.3) is 5.57 Å². The molecule has 1 N–H and O–H groups in total. The minimum atomic E-state index is -0.404. The zero-order valence-electron chi connectivity index (χ0n) is 7.91. The Bertz CT molecular complexity index is 357. The molecule has 0 heterocycles. The lowest BCUT2D eigenvalue weighted by molar-refractivity contribution is 0.206. The Morgan fingerprint density at radius 3 is 2.79 bits per heavy atom. The molecule has 2 rings (SSSR count). The van der Waals surface area contributed by atoms with Crippen molar-refractivity contribution in [2.45, 2.75) is 25.4 Å². The number of benzene rings is 1. The lowest BCUT2D eigenvalue weighted by Gasteiger charge is -2.17. The third-order valence-corrected chi connectivity index (χ3v) is 2.56. The summed E-state index contributed by atoms with van der Waals surface area (Å²) in [6, 6.07) is 6.72. The van der Waals surface area contributed by atoms with Gasteiger partial charge < -0.3 is 5.11 Å². The molecule has 0 amide bonds. The second-order valence-electron chi connectivity index (χ2n) is 3.63. The van der Waals surface area contributed by atoms with Crippen LogP contribution in [0.3, 0.4) is 0 Å². The van der Waals surface area contributed by atoms with Crippen LogP contribution in [-0.4, -0.2) is 11.2 Å². The van der Waals surface area contributed by atoms with E-state index in [1.807, 2.05) is 6.07 Å². The predicted octanol–water partition coefficient (Wildman–Crippen LogP) is 2.75. The Morgan fingerprint density at radius 1 is 1.29 bits per heavy atom. The molecule has 0 aliphatic heterocycles. The Balaban J connectivity index is 2.35. The summed E-state index contributed by atoms with van der Waals surface area (Å²) in [5.41, 5.74) is 1.56. The van der Waals surface area contributed by atoms with Crippen LogP contribution < -0.4 is 0 Å². The van der Waals surface area contributed by atoms with Gasteiger partial charge in [-0.3, -0.25) is 0 Å². The first-order valence-electron chi connectivity index (χ1n) is 4.91. The molecule has 2 heteroatoms. The van der Waals surface area contributed by atoms with Crippen LogP contribution >= 0.6 is 0 Å². The normalized spacial score (nSPS) is 21.9. The summed E-state index contributed by atoms with van der Waals surface area (Å²) in [7, 11) is 0. The van der Waals surface area contributed by atoms with E-state index in [0.717, 1.165) is 24.8 Å². The van der Waals surface area contributed by atoms with Crippen LogP contribution in [-0.2, 0) is 0 Å². The number of aliphatic hydroxyl groups is 1. The number of halogens is 1. The maximum absolute atomic E-state index is 13.4. The number of hydrogen-bond donors (Lipinski definition) is 1. The maximum atomic E-state index is 13.4. The molecule has 1 aromatic carbocycles. The Hall–Kier alpha value is -1.15. The molecule has 1 aliphatic rings. The van der Waals surface area contributed by atoms with E-state index >= 15 is 0 Å². The van der Waals surface area contributed by atoms with Gasteiger partial charge in [-0.25, -0.2) is 4.39 Å². The smallest absolute Gasteiger partial charge is 0.130 e. The molecular formula is C12H13FO. The van der Waals surface area contributed by atoms with Crippen LogP contribution in [0.1, 0.15) is 24.8 Å². The van der Waals surface area contributed by atoms with Crippen molar-refractivity contribution in [2.24, 2.45) is 0 Å². The first-order valence-corrected chi connectivity index (χ1v) is 4.91. The van der Waals surface area contributed by atoms with Crippen molar-refractivity contribution in [3.8, 4) is 0 Å². The van der Waals surface area contributed by atoms with Crippen LogP contribution in [0.4, 0.5) is 4.39 Å². The highest BCUT2D eigenvalue weighted by Crippen LogP contribution is 2.28. The van der Waals surface area contributed by atoms with E-state index < -0.39 is 6.10 Å². The molecule has 1 aromatic rings. The van der Waals surface area contributed by atoms with Crippen LogP contribution in [0, 0.1) is 5.82 Å². The van der Waals surface area contributed by atoms with E-state index in [2.05, 4.69) is 0 Å². The summed E-state index contributed by atoms with van der Waals surface area (Å²) in [6.45, 7) is 0. The van der Waals surface area contributed by atoms with E-state index in [1.165, 1.54) is 6.07 Å². The predicted molar refractivity (Wildman–Crippen MR) is 54.2 cm³/mol. The first-order chi connectivity index (χ1) is 6.77. The van der Waals surface area contributed by atoms with E-state index in [9.17, 15) is 9.50 Å². The van der Waals surface area contributed by atoms with Crippen molar-refractivity contribution in [3.63, 3.8) is 0 Å². The molecule has 1 nitrogen and oxygen atoms in total. The van der Waals surface area contributed by atoms with Crippen molar-refractivity contribution in [3.05, 3.63) is 41.7 Å². The van der Waals surface area contributed by atoms with Crippen LogP contribution in [0.5, 0.6) is 0 Å². The van der Waals surface area contributed by atoms with Gasteiger partial charge in [0, 0.05) is 5.56 Å². The van der Waals surface area contributed by atoms with Gasteiger partial charge in [0.05, 0.1) is 6.10 Å². The number of rotatable bonds is 1. The fourth-order valence-corrected chi connectivity index (χ4v) is 1.85. The minimum Gasteiger partial charge on any atom is -0.389 e.